The van der Waals surface area contributed by atoms with Gasteiger partial charge >= 0.3 is 0 Å². The van der Waals surface area contributed by atoms with Gasteiger partial charge in [-0.2, -0.15) is 11.8 Å². The lowest BCUT2D eigenvalue weighted by molar-refractivity contribution is -0.0103. The highest BCUT2D eigenvalue weighted by Crippen LogP contribution is 2.49. The number of ether oxygens (including phenoxy) is 1. The fourth-order valence-electron chi connectivity index (χ4n) is 2.74. The molecule has 1 N–H and O–H groups in total. The van der Waals surface area contributed by atoms with Gasteiger partial charge in [-0.3, -0.25) is 0 Å². The van der Waals surface area contributed by atoms with E-state index in [4.69, 9.17) is 4.74 Å². The molecule has 0 amide bonds. The fourth-order valence-corrected chi connectivity index (χ4v) is 4.46. The van der Waals surface area contributed by atoms with Crippen molar-refractivity contribution < 1.29 is 9.84 Å². The van der Waals surface area contributed by atoms with Gasteiger partial charge in [-0.25, -0.2) is 0 Å². The average Bonchev–Trinajstić information content (AvgIpc) is 2.59. The second-order valence-corrected chi connectivity index (χ2v) is 7.20. The Balaban J connectivity index is 2.02. The highest BCUT2D eigenvalue weighted by Gasteiger charge is 2.48. The van der Waals surface area contributed by atoms with E-state index in [1.165, 1.54) is 0 Å². The van der Waals surface area contributed by atoms with Gasteiger partial charge in [-0.05, 0) is 31.2 Å². The Morgan fingerprint density at radius 2 is 2.35 bits per heavy atom. The van der Waals surface area contributed by atoms with E-state index in [2.05, 4.69) is 22.9 Å². The zero-order valence-electron chi connectivity index (χ0n) is 9.65. The van der Waals surface area contributed by atoms with Crippen LogP contribution in [0.5, 0.6) is 5.75 Å². The lowest BCUT2D eigenvalue weighted by Crippen LogP contribution is -2.45. The zero-order valence-corrected chi connectivity index (χ0v) is 12.1. The van der Waals surface area contributed by atoms with Crippen LogP contribution >= 0.6 is 27.7 Å². The topological polar surface area (TPSA) is 29.5 Å². The number of aliphatic hydroxyl groups is 1. The summed E-state index contributed by atoms with van der Waals surface area (Å²) in [5.41, 5.74) is 0.751. The van der Waals surface area contributed by atoms with Crippen LogP contribution in [-0.2, 0) is 0 Å². The van der Waals surface area contributed by atoms with E-state index in [-0.39, 0.29) is 5.60 Å². The first-order valence-corrected chi connectivity index (χ1v) is 7.73. The summed E-state index contributed by atoms with van der Waals surface area (Å²) in [7, 11) is 0. The molecule has 2 aliphatic rings. The number of halogens is 1. The van der Waals surface area contributed by atoms with Crippen molar-refractivity contribution in [2.75, 3.05) is 5.75 Å². The second-order valence-electron chi connectivity index (χ2n) is 4.83. The maximum absolute atomic E-state index is 10.3. The smallest absolute Gasteiger partial charge is 0.127 e. The highest BCUT2D eigenvalue weighted by molar-refractivity contribution is 9.10. The highest BCUT2D eigenvalue weighted by atomic mass is 79.9. The van der Waals surface area contributed by atoms with Crippen molar-refractivity contribution in [1.82, 2.24) is 0 Å². The Bertz CT molecular complexity index is 451. The molecule has 2 unspecified atom stereocenters. The van der Waals surface area contributed by atoms with Crippen LogP contribution in [0.2, 0.25) is 0 Å². The van der Waals surface area contributed by atoms with Crippen molar-refractivity contribution in [2.24, 2.45) is 0 Å². The van der Waals surface area contributed by atoms with Gasteiger partial charge in [0.15, 0.2) is 0 Å². The number of hydrogen-bond acceptors (Lipinski definition) is 3. The third-order valence-corrected chi connectivity index (χ3v) is 5.68. The molecular weight excluding hydrogens is 300 g/mol. The molecule has 0 radical (unpaired) electrons. The van der Waals surface area contributed by atoms with Crippen LogP contribution in [0.4, 0.5) is 0 Å². The summed E-state index contributed by atoms with van der Waals surface area (Å²) in [6.07, 6.45) is 1.35. The van der Waals surface area contributed by atoms with Crippen molar-refractivity contribution in [3.05, 3.63) is 28.2 Å². The second kappa shape index (κ2) is 4.18. The van der Waals surface area contributed by atoms with Gasteiger partial charge in [0, 0.05) is 21.7 Å². The van der Waals surface area contributed by atoms with Gasteiger partial charge in [-0.1, -0.05) is 22.0 Å². The standard InChI is InChI=1S/C13H15BrO2S/c1-8-13(4-5-17-8)7-11(15)10-3-2-9(14)6-12(10)16-13/h2-3,6,8,11,15H,4-5,7H2,1H3/t8?,11-,13?/m1/s1. The van der Waals surface area contributed by atoms with Crippen LogP contribution in [0, 0.1) is 0 Å². The van der Waals surface area contributed by atoms with Gasteiger partial charge in [0.05, 0.1) is 6.10 Å². The molecule has 1 aromatic carbocycles. The normalized spacial score (nSPS) is 35.7. The molecule has 1 fully saturated rings. The molecule has 2 aliphatic heterocycles. The van der Waals surface area contributed by atoms with E-state index in [9.17, 15) is 5.11 Å². The number of rotatable bonds is 0. The van der Waals surface area contributed by atoms with Crippen molar-refractivity contribution in [1.29, 1.82) is 0 Å². The molecule has 0 bridgehead atoms. The van der Waals surface area contributed by atoms with E-state index >= 15 is 0 Å². The molecule has 4 heteroatoms. The lowest BCUT2D eigenvalue weighted by atomic mass is 9.85. The molecule has 1 spiro atoms. The monoisotopic (exact) mass is 314 g/mol. The lowest BCUT2D eigenvalue weighted by Gasteiger charge is -2.40. The fraction of sp³-hybridized carbons (Fsp3) is 0.538. The Labute approximate surface area is 114 Å². The Hall–Kier alpha value is -0.190. The largest absolute Gasteiger partial charge is 0.486 e. The third kappa shape index (κ3) is 1.90. The SMILES string of the molecule is CC1SCCC12C[C@@H](O)c1ccc(Br)cc1O2. The number of fused-ring (bicyclic) bond motifs is 1. The zero-order chi connectivity index (χ0) is 12.0. The predicted octanol–water partition coefficient (Wildman–Crippen LogP) is 3.53. The number of aliphatic hydroxyl groups excluding tert-OH is 1. The molecular formula is C13H15BrO2S. The molecule has 17 heavy (non-hydrogen) atoms. The van der Waals surface area contributed by atoms with Crippen LogP contribution in [0.15, 0.2) is 22.7 Å². The van der Waals surface area contributed by atoms with Crippen LogP contribution in [0.1, 0.15) is 31.4 Å². The maximum atomic E-state index is 10.3. The summed E-state index contributed by atoms with van der Waals surface area (Å²) < 4.78 is 7.23. The summed E-state index contributed by atoms with van der Waals surface area (Å²) in [6.45, 7) is 2.20. The molecule has 0 aliphatic carbocycles. The summed E-state index contributed by atoms with van der Waals surface area (Å²) in [5, 5.41) is 10.7. The minimum Gasteiger partial charge on any atom is -0.486 e. The third-order valence-electron chi connectivity index (χ3n) is 3.82. The first kappa shape index (κ1) is 11.9. The van der Waals surface area contributed by atoms with Gasteiger partial charge in [0.25, 0.3) is 0 Å². The van der Waals surface area contributed by atoms with E-state index < -0.39 is 6.10 Å². The molecule has 3 atom stereocenters. The molecule has 0 saturated carbocycles. The van der Waals surface area contributed by atoms with Crippen molar-refractivity contribution in [3.63, 3.8) is 0 Å². The van der Waals surface area contributed by atoms with E-state index in [1.54, 1.807) is 0 Å². The van der Waals surface area contributed by atoms with Gasteiger partial charge in [0.1, 0.15) is 11.4 Å². The van der Waals surface area contributed by atoms with Crippen molar-refractivity contribution >= 4 is 27.7 Å². The summed E-state index contributed by atoms with van der Waals surface area (Å²) in [4.78, 5) is 0. The number of thioether (sulfide) groups is 1. The summed E-state index contributed by atoms with van der Waals surface area (Å²) >= 11 is 5.39. The average molecular weight is 315 g/mol. The molecule has 2 nitrogen and oxygen atoms in total. The molecule has 1 aromatic rings. The minimum absolute atomic E-state index is 0.169. The summed E-state index contributed by atoms with van der Waals surface area (Å²) in [6, 6.07) is 5.87. The number of hydrogen-bond donors (Lipinski definition) is 1. The molecule has 0 aromatic heterocycles. The van der Waals surface area contributed by atoms with Crippen molar-refractivity contribution in [2.45, 2.75) is 36.7 Å². The van der Waals surface area contributed by atoms with Gasteiger partial charge in [-0.15, -0.1) is 0 Å². The molecule has 1 saturated heterocycles. The van der Waals surface area contributed by atoms with Crippen LogP contribution in [0.25, 0.3) is 0 Å². The Morgan fingerprint density at radius 1 is 1.53 bits per heavy atom. The first-order chi connectivity index (χ1) is 8.11. The van der Waals surface area contributed by atoms with Crippen LogP contribution < -0.4 is 4.74 Å². The van der Waals surface area contributed by atoms with E-state index in [1.807, 2.05) is 30.0 Å². The van der Waals surface area contributed by atoms with E-state index in [0.717, 1.165) is 34.4 Å². The quantitative estimate of drug-likeness (QED) is 0.794. The van der Waals surface area contributed by atoms with E-state index in [0.29, 0.717) is 5.25 Å². The minimum atomic E-state index is -0.395. The van der Waals surface area contributed by atoms with Crippen molar-refractivity contribution in [3.8, 4) is 5.75 Å². The Morgan fingerprint density at radius 3 is 3.06 bits per heavy atom. The maximum Gasteiger partial charge on any atom is 0.127 e. The molecule has 3 rings (SSSR count). The van der Waals surface area contributed by atoms with Gasteiger partial charge < -0.3 is 9.84 Å². The first-order valence-electron chi connectivity index (χ1n) is 5.89. The summed E-state index contributed by atoms with van der Waals surface area (Å²) in [5.74, 6) is 1.96. The molecule has 92 valence electrons. The molecule has 2 heterocycles. The van der Waals surface area contributed by atoms with Gasteiger partial charge in [0.2, 0.25) is 0 Å². The Kier molecular flexibility index (Phi) is 2.92. The number of benzene rings is 1. The van der Waals surface area contributed by atoms with Crippen LogP contribution in [0.3, 0.4) is 0 Å². The van der Waals surface area contributed by atoms with Crippen LogP contribution in [-0.4, -0.2) is 21.7 Å². The predicted molar refractivity (Wildman–Crippen MR) is 73.6 cm³/mol.